The number of benzene rings is 1. The first-order chi connectivity index (χ1) is 11.5. The molecule has 0 fully saturated rings. The van der Waals surface area contributed by atoms with Crippen LogP contribution < -0.4 is 5.32 Å². The molecular formula is C17H17BrN4OS. The van der Waals surface area contributed by atoms with E-state index in [1.54, 1.807) is 16.9 Å². The van der Waals surface area contributed by atoms with Gasteiger partial charge in [-0.1, -0.05) is 28.1 Å². The zero-order chi connectivity index (χ0) is 17.1. The molecule has 1 N–H and O–H groups in total. The van der Waals surface area contributed by atoms with E-state index in [1.165, 1.54) is 11.3 Å². The van der Waals surface area contributed by atoms with Gasteiger partial charge >= 0.3 is 0 Å². The summed E-state index contributed by atoms with van der Waals surface area (Å²) in [5.41, 5.74) is 1.81. The van der Waals surface area contributed by atoms with Gasteiger partial charge in [0.15, 0.2) is 0 Å². The number of nitrogens with one attached hydrogen (secondary N) is 1. The highest BCUT2D eigenvalue weighted by Gasteiger charge is 2.12. The Bertz CT molecular complexity index is 856. The second-order valence-electron chi connectivity index (χ2n) is 5.63. The molecule has 7 heteroatoms. The lowest BCUT2D eigenvalue weighted by Gasteiger charge is -2.11. The zero-order valence-corrected chi connectivity index (χ0v) is 15.8. The molecule has 0 atom stereocenters. The van der Waals surface area contributed by atoms with Crippen molar-refractivity contribution in [2.24, 2.45) is 0 Å². The van der Waals surface area contributed by atoms with E-state index in [9.17, 15) is 4.79 Å². The van der Waals surface area contributed by atoms with Crippen molar-refractivity contribution < 1.29 is 4.79 Å². The van der Waals surface area contributed by atoms with E-state index in [1.807, 2.05) is 43.5 Å². The van der Waals surface area contributed by atoms with Crippen LogP contribution in [0.25, 0.3) is 10.6 Å². The monoisotopic (exact) mass is 404 g/mol. The summed E-state index contributed by atoms with van der Waals surface area (Å²) in [5.74, 6) is 0.612. The third-order valence-electron chi connectivity index (χ3n) is 3.39. The maximum absolute atomic E-state index is 12.3. The number of rotatable bonds is 5. The van der Waals surface area contributed by atoms with Crippen molar-refractivity contribution in [2.75, 3.05) is 5.32 Å². The average Bonchev–Trinajstić information content (AvgIpc) is 3.16. The lowest BCUT2D eigenvalue weighted by atomic mass is 10.2. The molecule has 0 saturated carbocycles. The molecule has 24 heavy (non-hydrogen) atoms. The molecule has 5 nitrogen and oxygen atoms in total. The predicted octanol–water partition coefficient (Wildman–Crippen LogP) is 4.53. The van der Waals surface area contributed by atoms with Crippen LogP contribution in [0.2, 0.25) is 0 Å². The van der Waals surface area contributed by atoms with E-state index in [0.29, 0.717) is 5.82 Å². The second-order valence-corrected chi connectivity index (χ2v) is 7.41. The first kappa shape index (κ1) is 16.9. The third-order valence-corrected chi connectivity index (χ3v) is 4.83. The summed E-state index contributed by atoms with van der Waals surface area (Å²) in [7, 11) is 0. The standard InChI is InChI=1S/C17H17BrN4OS/c1-11(2)22-15(6-7-19-22)21-16(23)9-14-10-24-17(20-14)12-4-3-5-13(18)8-12/h3-8,10-11H,9H2,1-2H3,(H,21,23). The Hall–Kier alpha value is -1.99. The summed E-state index contributed by atoms with van der Waals surface area (Å²) in [6.45, 7) is 4.04. The van der Waals surface area contributed by atoms with Gasteiger partial charge in [0.05, 0.1) is 18.3 Å². The lowest BCUT2D eigenvalue weighted by Crippen LogP contribution is -2.18. The summed E-state index contributed by atoms with van der Waals surface area (Å²) in [6, 6.07) is 9.96. The summed E-state index contributed by atoms with van der Waals surface area (Å²) >= 11 is 5.00. The van der Waals surface area contributed by atoms with Gasteiger partial charge in [0, 0.05) is 27.5 Å². The highest BCUT2D eigenvalue weighted by molar-refractivity contribution is 9.10. The normalized spacial score (nSPS) is 11.0. The molecule has 0 spiro atoms. The first-order valence-corrected chi connectivity index (χ1v) is 9.24. The Morgan fingerprint density at radius 2 is 2.21 bits per heavy atom. The minimum atomic E-state index is -0.0940. The Morgan fingerprint density at radius 1 is 1.38 bits per heavy atom. The molecule has 1 aromatic carbocycles. The van der Waals surface area contributed by atoms with Gasteiger partial charge in [0.25, 0.3) is 0 Å². The fourth-order valence-corrected chi connectivity index (χ4v) is 3.53. The van der Waals surface area contributed by atoms with Crippen LogP contribution in [-0.4, -0.2) is 20.7 Å². The Labute approximate surface area is 152 Å². The number of carbonyl (C=O) groups excluding carboxylic acids is 1. The molecule has 2 heterocycles. The van der Waals surface area contributed by atoms with Crippen molar-refractivity contribution in [2.45, 2.75) is 26.3 Å². The van der Waals surface area contributed by atoms with Crippen LogP contribution in [0.1, 0.15) is 25.6 Å². The van der Waals surface area contributed by atoms with Crippen LogP contribution in [0.3, 0.4) is 0 Å². The van der Waals surface area contributed by atoms with E-state index >= 15 is 0 Å². The number of hydrogen-bond donors (Lipinski definition) is 1. The second kappa shape index (κ2) is 7.27. The number of anilines is 1. The minimum absolute atomic E-state index is 0.0940. The third kappa shape index (κ3) is 3.91. The van der Waals surface area contributed by atoms with Crippen LogP contribution >= 0.6 is 27.3 Å². The molecular weight excluding hydrogens is 388 g/mol. The van der Waals surface area contributed by atoms with E-state index < -0.39 is 0 Å². The summed E-state index contributed by atoms with van der Waals surface area (Å²) < 4.78 is 2.79. The van der Waals surface area contributed by atoms with Crippen LogP contribution in [-0.2, 0) is 11.2 Å². The van der Waals surface area contributed by atoms with Crippen molar-refractivity contribution in [3.05, 3.63) is 52.1 Å². The minimum Gasteiger partial charge on any atom is -0.311 e. The number of nitrogens with zero attached hydrogens (tertiary/aromatic N) is 3. The molecule has 2 aromatic heterocycles. The molecule has 1 amide bonds. The molecule has 0 unspecified atom stereocenters. The Morgan fingerprint density at radius 3 is 2.96 bits per heavy atom. The number of halogens is 1. The molecule has 0 bridgehead atoms. The molecule has 0 radical (unpaired) electrons. The van der Waals surface area contributed by atoms with Gasteiger partial charge in [-0.25, -0.2) is 9.67 Å². The SMILES string of the molecule is CC(C)n1nccc1NC(=O)Cc1csc(-c2cccc(Br)c2)n1. The Balaban J connectivity index is 1.68. The topological polar surface area (TPSA) is 59.8 Å². The van der Waals surface area contributed by atoms with Crippen molar-refractivity contribution in [1.82, 2.24) is 14.8 Å². The van der Waals surface area contributed by atoms with Crippen LogP contribution in [0.15, 0.2) is 46.4 Å². The first-order valence-electron chi connectivity index (χ1n) is 7.56. The van der Waals surface area contributed by atoms with Gasteiger partial charge in [-0.15, -0.1) is 11.3 Å². The van der Waals surface area contributed by atoms with Gasteiger partial charge in [-0.2, -0.15) is 5.10 Å². The van der Waals surface area contributed by atoms with E-state index in [0.717, 1.165) is 20.7 Å². The molecule has 3 aromatic rings. The maximum Gasteiger partial charge on any atom is 0.231 e. The van der Waals surface area contributed by atoms with Crippen LogP contribution in [0.4, 0.5) is 5.82 Å². The zero-order valence-electron chi connectivity index (χ0n) is 13.4. The highest BCUT2D eigenvalue weighted by Crippen LogP contribution is 2.26. The van der Waals surface area contributed by atoms with Crippen molar-refractivity contribution in [1.29, 1.82) is 0 Å². The van der Waals surface area contributed by atoms with E-state index in [-0.39, 0.29) is 18.4 Å². The largest absolute Gasteiger partial charge is 0.311 e. The van der Waals surface area contributed by atoms with Gasteiger partial charge in [-0.05, 0) is 26.0 Å². The van der Waals surface area contributed by atoms with Gasteiger partial charge in [0.1, 0.15) is 10.8 Å². The van der Waals surface area contributed by atoms with E-state index in [2.05, 4.69) is 31.3 Å². The number of thiazole rings is 1. The fraction of sp³-hybridized carbons (Fsp3) is 0.235. The predicted molar refractivity (Wildman–Crippen MR) is 100 cm³/mol. The quantitative estimate of drug-likeness (QED) is 0.679. The molecule has 0 aliphatic rings. The highest BCUT2D eigenvalue weighted by atomic mass is 79.9. The average molecular weight is 405 g/mol. The van der Waals surface area contributed by atoms with Gasteiger partial charge < -0.3 is 5.32 Å². The fourth-order valence-electron chi connectivity index (χ4n) is 2.32. The molecule has 0 aliphatic heterocycles. The molecule has 3 rings (SSSR count). The summed E-state index contributed by atoms with van der Waals surface area (Å²) in [5, 5.41) is 9.94. The van der Waals surface area contributed by atoms with E-state index in [4.69, 9.17) is 0 Å². The summed E-state index contributed by atoms with van der Waals surface area (Å²) in [4.78, 5) is 16.8. The van der Waals surface area contributed by atoms with Crippen molar-refractivity contribution in [3.8, 4) is 10.6 Å². The molecule has 0 saturated heterocycles. The van der Waals surface area contributed by atoms with Crippen LogP contribution in [0.5, 0.6) is 0 Å². The van der Waals surface area contributed by atoms with Gasteiger partial charge in [-0.3, -0.25) is 4.79 Å². The number of aromatic nitrogens is 3. The van der Waals surface area contributed by atoms with Gasteiger partial charge in [0.2, 0.25) is 5.91 Å². The number of amides is 1. The maximum atomic E-state index is 12.3. The smallest absolute Gasteiger partial charge is 0.231 e. The summed E-state index contributed by atoms with van der Waals surface area (Å²) in [6.07, 6.45) is 1.93. The Kier molecular flexibility index (Phi) is 5.11. The number of hydrogen-bond acceptors (Lipinski definition) is 4. The van der Waals surface area contributed by atoms with Crippen molar-refractivity contribution >= 4 is 39.0 Å². The van der Waals surface area contributed by atoms with Crippen molar-refractivity contribution in [3.63, 3.8) is 0 Å². The molecule has 0 aliphatic carbocycles. The number of carbonyl (C=O) groups is 1. The molecule has 124 valence electrons. The van der Waals surface area contributed by atoms with Crippen LogP contribution in [0, 0.1) is 0 Å². The lowest BCUT2D eigenvalue weighted by molar-refractivity contribution is -0.115.